The summed E-state index contributed by atoms with van der Waals surface area (Å²) in [5.41, 5.74) is 0.805. The second kappa shape index (κ2) is 6.60. The van der Waals surface area contributed by atoms with E-state index >= 15 is 0 Å². The molecule has 0 radical (unpaired) electrons. The molecule has 0 aliphatic rings. The molecule has 13 heavy (non-hydrogen) atoms. The molecule has 0 spiro atoms. The Labute approximate surface area is 76.6 Å². The van der Waals surface area contributed by atoms with Gasteiger partial charge in [-0.1, -0.05) is 18.6 Å². The molecule has 0 saturated heterocycles. The molecule has 0 aromatic heterocycles. The van der Waals surface area contributed by atoms with Crippen LogP contribution < -0.4 is 0 Å². The average molecular weight is 192 g/mol. The minimum atomic E-state index is -0.0475. The Morgan fingerprint density at radius 1 is 1.38 bits per heavy atom. The summed E-state index contributed by atoms with van der Waals surface area (Å²) in [6.45, 7) is 5.06. The monoisotopic (exact) mass is 192 g/mol. The molecule has 0 aromatic rings. The van der Waals surface area contributed by atoms with Gasteiger partial charge in [-0.2, -0.15) is 4.94 Å². The van der Waals surface area contributed by atoms with Crippen LogP contribution in [-0.4, -0.2) is 6.61 Å². The van der Waals surface area contributed by atoms with Crippen molar-refractivity contribution in [2.24, 2.45) is 5.92 Å². The Balaban J connectivity index is 4.15. The van der Waals surface area contributed by atoms with E-state index in [0.717, 1.165) is 5.57 Å². The predicted octanol–water partition coefficient (Wildman–Crippen LogP) is 3.27. The highest BCUT2D eigenvalue weighted by atomic mass is 19.3. The predicted molar refractivity (Wildman–Crippen MR) is 45.9 cm³/mol. The third-order valence-electron chi connectivity index (χ3n) is 1.43. The van der Waals surface area contributed by atoms with Gasteiger partial charge in [-0.15, -0.1) is 0 Å². The molecule has 0 aliphatic carbocycles. The summed E-state index contributed by atoms with van der Waals surface area (Å²) in [5.74, 6) is 0.121. The van der Waals surface area contributed by atoms with Crippen molar-refractivity contribution >= 4 is 0 Å². The Morgan fingerprint density at radius 2 is 2.00 bits per heavy atom. The van der Waals surface area contributed by atoms with Crippen LogP contribution in [0.15, 0.2) is 23.5 Å². The maximum absolute atomic E-state index is 11.6. The molecular weight excluding hydrogens is 178 g/mol. The van der Waals surface area contributed by atoms with E-state index in [2.05, 4.69) is 9.88 Å². The highest BCUT2D eigenvalue weighted by molar-refractivity contribution is 5.18. The standard InChI is InChI=1S/C9H14F2O2/c1-7(5-9(3)13-11)4-8(2)6-12-10/h4-5,8H,6H2,1-3H3/b7-4-,9-5+/t8-/m0/s1. The molecule has 1 atom stereocenters. The third kappa shape index (κ3) is 6.28. The maximum atomic E-state index is 11.6. The summed E-state index contributed by atoms with van der Waals surface area (Å²) < 4.78 is 22.9. The lowest BCUT2D eigenvalue weighted by Crippen LogP contribution is -1.98. The van der Waals surface area contributed by atoms with Gasteiger partial charge in [-0.25, -0.2) is 0 Å². The molecule has 0 saturated carbocycles. The Hall–Kier alpha value is -0.900. The smallest absolute Gasteiger partial charge is 0.146 e. The van der Waals surface area contributed by atoms with Crippen molar-refractivity contribution in [1.82, 2.24) is 0 Å². The summed E-state index contributed by atoms with van der Waals surface area (Å²) in [6.07, 6.45) is 3.29. The van der Waals surface area contributed by atoms with Crippen molar-refractivity contribution in [1.29, 1.82) is 0 Å². The Bertz CT molecular complexity index is 200. The molecule has 0 unspecified atom stereocenters. The second-order valence-electron chi connectivity index (χ2n) is 3.00. The van der Waals surface area contributed by atoms with Crippen LogP contribution in [0.4, 0.5) is 9.05 Å². The van der Waals surface area contributed by atoms with E-state index in [0.29, 0.717) is 0 Å². The largest absolute Gasteiger partial charge is 0.299 e. The van der Waals surface area contributed by atoms with Gasteiger partial charge in [-0.3, -0.25) is 4.94 Å². The molecule has 0 amide bonds. The van der Waals surface area contributed by atoms with Crippen LogP contribution in [0, 0.1) is 5.92 Å². The van der Waals surface area contributed by atoms with Crippen LogP contribution in [-0.2, 0) is 9.88 Å². The van der Waals surface area contributed by atoms with Gasteiger partial charge in [-0.05, 0) is 24.4 Å². The normalized spacial score (nSPS) is 15.8. The molecule has 76 valence electrons. The van der Waals surface area contributed by atoms with Crippen molar-refractivity contribution in [3.63, 3.8) is 0 Å². The number of halogens is 2. The summed E-state index contributed by atoms with van der Waals surface area (Å²) >= 11 is 0. The van der Waals surface area contributed by atoms with Crippen molar-refractivity contribution in [3.8, 4) is 0 Å². The summed E-state index contributed by atoms with van der Waals surface area (Å²) in [5, 5.41) is 0. The van der Waals surface area contributed by atoms with Gasteiger partial charge in [0, 0.05) is 10.4 Å². The van der Waals surface area contributed by atoms with Crippen LogP contribution in [0.5, 0.6) is 0 Å². The molecule has 2 nitrogen and oxygen atoms in total. The fourth-order valence-electron chi connectivity index (χ4n) is 0.987. The van der Waals surface area contributed by atoms with Crippen LogP contribution in [0.3, 0.4) is 0 Å². The first-order valence-corrected chi connectivity index (χ1v) is 3.99. The van der Waals surface area contributed by atoms with Gasteiger partial charge >= 0.3 is 0 Å². The van der Waals surface area contributed by atoms with Gasteiger partial charge in [0.15, 0.2) is 0 Å². The molecule has 0 bridgehead atoms. The molecular formula is C9H14F2O2. The molecule has 0 rings (SSSR count). The molecule has 0 aliphatic heterocycles. The number of rotatable bonds is 5. The van der Waals surface area contributed by atoms with E-state index in [1.807, 2.05) is 0 Å². The highest BCUT2D eigenvalue weighted by Gasteiger charge is 1.98. The van der Waals surface area contributed by atoms with E-state index in [9.17, 15) is 9.05 Å². The quantitative estimate of drug-likeness (QED) is 0.491. The van der Waals surface area contributed by atoms with Gasteiger partial charge in [0.05, 0.1) is 6.61 Å². The molecule has 0 N–H and O–H groups in total. The third-order valence-corrected chi connectivity index (χ3v) is 1.43. The average Bonchev–Trinajstić information content (AvgIpc) is 2.04. The van der Waals surface area contributed by atoms with Gasteiger partial charge in [0.25, 0.3) is 0 Å². The van der Waals surface area contributed by atoms with E-state index in [4.69, 9.17) is 0 Å². The van der Waals surface area contributed by atoms with Gasteiger partial charge in [0.2, 0.25) is 0 Å². The molecule has 0 fully saturated rings. The lowest BCUT2D eigenvalue weighted by Gasteiger charge is -2.02. The van der Waals surface area contributed by atoms with Crippen LogP contribution in [0.25, 0.3) is 0 Å². The zero-order valence-corrected chi connectivity index (χ0v) is 8.01. The molecule has 0 heterocycles. The van der Waals surface area contributed by atoms with Crippen LogP contribution in [0.1, 0.15) is 20.8 Å². The number of hydrogen-bond acceptors (Lipinski definition) is 2. The van der Waals surface area contributed by atoms with Crippen molar-refractivity contribution in [2.45, 2.75) is 20.8 Å². The number of allylic oxidation sites excluding steroid dienone is 3. The van der Waals surface area contributed by atoms with E-state index in [1.54, 1.807) is 19.9 Å². The van der Waals surface area contributed by atoms with E-state index < -0.39 is 0 Å². The van der Waals surface area contributed by atoms with E-state index in [1.165, 1.54) is 13.0 Å². The Morgan fingerprint density at radius 3 is 2.46 bits per heavy atom. The van der Waals surface area contributed by atoms with Gasteiger partial charge < -0.3 is 0 Å². The fraction of sp³-hybridized carbons (Fsp3) is 0.556. The number of hydrogen-bond donors (Lipinski definition) is 0. The SMILES string of the molecule is CC(=C/[C@H](C)COF)/C=C(\C)OF. The van der Waals surface area contributed by atoms with Crippen molar-refractivity contribution in [3.05, 3.63) is 23.5 Å². The minimum Gasteiger partial charge on any atom is -0.299 e. The first-order valence-electron chi connectivity index (χ1n) is 3.99. The summed E-state index contributed by atoms with van der Waals surface area (Å²) in [4.78, 5) is 6.94. The fourth-order valence-corrected chi connectivity index (χ4v) is 0.987. The molecule has 0 aromatic carbocycles. The van der Waals surface area contributed by atoms with E-state index in [-0.39, 0.29) is 18.3 Å². The van der Waals surface area contributed by atoms with Crippen molar-refractivity contribution in [2.75, 3.05) is 6.61 Å². The lowest BCUT2D eigenvalue weighted by molar-refractivity contribution is -0.139. The zero-order chi connectivity index (χ0) is 10.3. The maximum Gasteiger partial charge on any atom is 0.146 e. The van der Waals surface area contributed by atoms with Gasteiger partial charge in [0.1, 0.15) is 5.76 Å². The van der Waals surface area contributed by atoms with Crippen molar-refractivity contribution < 1.29 is 18.9 Å². The highest BCUT2D eigenvalue weighted by Crippen LogP contribution is 2.08. The topological polar surface area (TPSA) is 18.5 Å². The van der Waals surface area contributed by atoms with Crippen LogP contribution in [0.2, 0.25) is 0 Å². The second-order valence-corrected chi connectivity index (χ2v) is 3.00. The zero-order valence-electron chi connectivity index (χ0n) is 8.01. The molecule has 4 heteroatoms. The minimum absolute atomic E-state index is 0.000704. The van der Waals surface area contributed by atoms with Crippen LogP contribution >= 0.6 is 0 Å². The first-order chi connectivity index (χ1) is 6.10. The first kappa shape index (κ1) is 12.1. The summed E-state index contributed by atoms with van der Waals surface area (Å²) in [7, 11) is 0. The Kier molecular flexibility index (Phi) is 6.14. The lowest BCUT2D eigenvalue weighted by atomic mass is 10.1. The summed E-state index contributed by atoms with van der Waals surface area (Å²) in [6, 6.07) is 0.